The minimum Gasteiger partial charge on any atom is -0.481 e. The Hall–Kier alpha value is -2.82. The molecular formula is C21H26N2O3. The van der Waals surface area contributed by atoms with Crippen LogP contribution in [0.1, 0.15) is 43.1 Å². The number of carbonyl (C=O) groups excluding carboxylic acids is 2. The molecule has 1 unspecified atom stereocenters. The van der Waals surface area contributed by atoms with E-state index < -0.39 is 6.10 Å². The smallest absolute Gasteiger partial charge is 0.265 e. The second-order valence-corrected chi connectivity index (χ2v) is 6.53. The van der Waals surface area contributed by atoms with Gasteiger partial charge in [-0.3, -0.25) is 9.59 Å². The topological polar surface area (TPSA) is 67.4 Å². The van der Waals surface area contributed by atoms with Crippen LogP contribution in [0.25, 0.3) is 0 Å². The molecule has 0 heterocycles. The van der Waals surface area contributed by atoms with Crippen LogP contribution in [0.4, 0.5) is 5.69 Å². The Kier molecular flexibility index (Phi) is 6.78. The number of anilines is 1. The molecule has 0 saturated carbocycles. The molecular weight excluding hydrogens is 328 g/mol. The maximum absolute atomic E-state index is 12.5. The first-order valence-electron chi connectivity index (χ1n) is 8.84. The molecule has 5 nitrogen and oxygen atoms in total. The molecule has 0 radical (unpaired) electrons. The Morgan fingerprint density at radius 2 is 1.77 bits per heavy atom. The molecule has 0 aliphatic rings. The molecule has 0 saturated heterocycles. The van der Waals surface area contributed by atoms with Crippen LogP contribution >= 0.6 is 0 Å². The molecule has 0 fully saturated rings. The molecule has 2 N–H and O–H groups in total. The summed E-state index contributed by atoms with van der Waals surface area (Å²) in [5, 5.41) is 5.66. The lowest BCUT2D eigenvalue weighted by Gasteiger charge is -2.18. The third-order valence-electron chi connectivity index (χ3n) is 3.77. The number of benzene rings is 2. The predicted octanol–water partition coefficient (Wildman–Crippen LogP) is 3.93. The van der Waals surface area contributed by atoms with E-state index >= 15 is 0 Å². The van der Waals surface area contributed by atoms with Gasteiger partial charge >= 0.3 is 0 Å². The van der Waals surface area contributed by atoms with Gasteiger partial charge in [0.05, 0.1) is 0 Å². The SMILES string of the molecule is CCC(Oc1ccc(C)cc1)C(=O)Nc1cccc(C(=O)NC(C)C)c1. The standard InChI is InChI=1S/C21H26N2O3/c1-5-19(26-18-11-9-15(4)10-12-18)21(25)23-17-8-6-7-16(13-17)20(24)22-14(2)3/h6-14,19H,5H2,1-4H3,(H,22,24)(H,23,25). The third kappa shape index (κ3) is 5.62. The van der Waals surface area contributed by atoms with Gasteiger partial charge in [0.2, 0.25) is 0 Å². The van der Waals surface area contributed by atoms with E-state index in [-0.39, 0.29) is 17.9 Å². The van der Waals surface area contributed by atoms with Crippen LogP contribution < -0.4 is 15.4 Å². The first-order valence-corrected chi connectivity index (χ1v) is 8.84. The average molecular weight is 354 g/mol. The lowest BCUT2D eigenvalue weighted by Crippen LogP contribution is -2.32. The van der Waals surface area contributed by atoms with E-state index in [2.05, 4.69) is 10.6 Å². The first kappa shape index (κ1) is 19.5. The van der Waals surface area contributed by atoms with Crippen molar-refractivity contribution in [3.63, 3.8) is 0 Å². The van der Waals surface area contributed by atoms with Crippen LogP contribution in [0.3, 0.4) is 0 Å². The second kappa shape index (κ2) is 9.04. The molecule has 2 aromatic carbocycles. The van der Waals surface area contributed by atoms with Crippen molar-refractivity contribution in [3.8, 4) is 5.75 Å². The highest BCUT2D eigenvalue weighted by atomic mass is 16.5. The van der Waals surface area contributed by atoms with Gasteiger partial charge in [0.15, 0.2) is 6.10 Å². The molecule has 138 valence electrons. The molecule has 0 aliphatic heterocycles. The summed E-state index contributed by atoms with van der Waals surface area (Å²) in [6, 6.07) is 14.5. The summed E-state index contributed by atoms with van der Waals surface area (Å²) in [6.07, 6.45) is -0.0707. The lowest BCUT2D eigenvalue weighted by molar-refractivity contribution is -0.122. The Morgan fingerprint density at radius 1 is 1.08 bits per heavy atom. The van der Waals surface area contributed by atoms with Crippen LogP contribution in [0, 0.1) is 6.92 Å². The average Bonchev–Trinajstić information content (AvgIpc) is 2.60. The van der Waals surface area contributed by atoms with Crippen molar-refractivity contribution in [2.45, 2.75) is 46.3 Å². The number of ether oxygens (including phenoxy) is 1. The van der Waals surface area contributed by atoms with Crippen molar-refractivity contribution >= 4 is 17.5 Å². The van der Waals surface area contributed by atoms with E-state index in [4.69, 9.17) is 4.74 Å². The fourth-order valence-corrected chi connectivity index (χ4v) is 2.41. The fourth-order valence-electron chi connectivity index (χ4n) is 2.41. The molecule has 0 spiro atoms. The summed E-state index contributed by atoms with van der Waals surface area (Å²) in [6.45, 7) is 7.69. The van der Waals surface area contributed by atoms with Crippen molar-refractivity contribution in [1.29, 1.82) is 0 Å². The molecule has 0 aliphatic carbocycles. The van der Waals surface area contributed by atoms with Crippen molar-refractivity contribution in [3.05, 3.63) is 59.7 Å². The van der Waals surface area contributed by atoms with Crippen molar-refractivity contribution in [1.82, 2.24) is 5.32 Å². The van der Waals surface area contributed by atoms with Gasteiger partial charge in [-0.1, -0.05) is 30.7 Å². The van der Waals surface area contributed by atoms with Gasteiger partial charge in [-0.05, 0) is 57.5 Å². The van der Waals surface area contributed by atoms with Gasteiger partial charge < -0.3 is 15.4 Å². The third-order valence-corrected chi connectivity index (χ3v) is 3.77. The summed E-state index contributed by atoms with van der Waals surface area (Å²) in [5.74, 6) is 0.246. The number of aryl methyl sites for hydroxylation is 1. The van der Waals surface area contributed by atoms with Crippen LogP contribution in [-0.2, 0) is 4.79 Å². The number of hydrogen-bond donors (Lipinski definition) is 2. The van der Waals surface area contributed by atoms with Crippen LogP contribution in [-0.4, -0.2) is 24.0 Å². The zero-order valence-electron chi connectivity index (χ0n) is 15.7. The highest BCUT2D eigenvalue weighted by Crippen LogP contribution is 2.17. The monoisotopic (exact) mass is 354 g/mol. The van der Waals surface area contributed by atoms with Crippen molar-refractivity contribution in [2.24, 2.45) is 0 Å². The van der Waals surface area contributed by atoms with E-state index in [1.165, 1.54) is 0 Å². The molecule has 1 atom stereocenters. The minimum atomic E-state index is -0.606. The van der Waals surface area contributed by atoms with E-state index in [0.29, 0.717) is 23.4 Å². The highest BCUT2D eigenvalue weighted by molar-refractivity contribution is 5.98. The number of rotatable bonds is 7. The predicted molar refractivity (Wildman–Crippen MR) is 104 cm³/mol. The van der Waals surface area contributed by atoms with E-state index in [9.17, 15) is 9.59 Å². The summed E-state index contributed by atoms with van der Waals surface area (Å²) >= 11 is 0. The number of hydrogen-bond acceptors (Lipinski definition) is 3. The Morgan fingerprint density at radius 3 is 2.38 bits per heavy atom. The van der Waals surface area contributed by atoms with Crippen LogP contribution in [0.5, 0.6) is 5.75 Å². The molecule has 0 bridgehead atoms. The van der Waals surface area contributed by atoms with E-state index in [1.807, 2.05) is 52.0 Å². The van der Waals surface area contributed by atoms with Gasteiger partial charge in [-0.2, -0.15) is 0 Å². The van der Waals surface area contributed by atoms with Crippen molar-refractivity contribution in [2.75, 3.05) is 5.32 Å². The van der Waals surface area contributed by atoms with Crippen molar-refractivity contribution < 1.29 is 14.3 Å². The Labute approximate surface area is 154 Å². The summed E-state index contributed by atoms with van der Waals surface area (Å²) in [7, 11) is 0. The van der Waals surface area contributed by atoms with Gasteiger partial charge in [0.1, 0.15) is 5.75 Å². The quantitative estimate of drug-likeness (QED) is 0.792. The van der Waals surface area contributed by atoms with Gasteiger partial charge in [-0.25, -0.2) is 0 Å². The number of amides is 2. The van der Waals surface area contributed by atoms with E-state index in [1.54, 1.807) is 24.3 Å². The summed E-state index contributed by atoms with van der Waals surface area (Å²) < 4.78 is 5.79. The molecule has 2 rings (SSSR count). The highest BCUT2D eigenvalue weighted by Gasteiger charge is 2.19. The zero-order valence-corrected chi connectivity index (χ0v) is 15.7. The maximum atomic E-state index is 12.5. The van der Waals surface area contributed by atoms with Gasteiger partial charge in [-0.15, -0.1) is 0 Å². The second-order valence-electron chi connectivity index (χ2n) is 6.53. The summed E-state index contributed by atoms with van der Waals surface area (Å²) in [4.78, 5) is 24.6. The minimum absolute atomic E-state index is 0.0492. The van der Waals surface area contributed by atoms with E-state index in [0.717, 1.165) is 5.56 Å². The van der Waals surface area contributed by atoms with Crippen LogP contribution in [0.2, 0.25) is 0 Å². The molecule has 2 amide bonds. The molecule has 5 heteroatoms. The number of nitrogens with one attached hydrogen (secondary N) is 2. The van der Waals surface area contributed by atoms with Gasteiger partial charge in [0, 0.05) is 17.3 Å². The number of carbonyl (C=O) groups is 2. The Bertz CT molecular complexity index is 754. The Balaban J connectivity index is 2.05. The normalized spacial score (nSPS) is 11.7. The molecule has 0 aromatic heterocycles. The maximum Gasteiger partial charge on any atom is 0.265 e. The van der Waals surface area contributed by atoms with Gasteiger partial charge in [0.25, 0.3) is 11.8 Å². The molecule has 26 heavy (non-hydrogen) atoms. The largest absolute Gasteiger partial charge is 0.481 e. The zero-order chi connectivity index (χ0) is 19.1. The van der Waals surface area contributed by atoms with Crippen LogP contribution in [0.15, 0.2) is 48.5 Å². The summed E-state index contributed by atoms with van der Waals surface area (Å²) in [5.41, 5.74) is 2.20. The fraction of sp³-hybridized carbons (Fsp3) is 0.333. The molecule has 2 aromatic rings. The lowest BCUT2D eigenvalue weighted by atomic mass is 10.1. The first-order chi connectivity index (χ1) is 12.4.